The van der Waals surface area contributed by atoms with Crippen LogP contribution in [0.1, 0.15) is 30.9 Å². The number of H-pyrrole nitrogens is 1. The summed E-state index contributed by atoms with van der Waals surface area (Å²) in [5.41, 5.74) is 8.27. The number of rotatable bonds is 8. The number of aromatic amines is 1. The van der Waals surface area contributed by atoms with Crippen molar-refractivity contribution in [3.63, 3.8) is 0 Å². The molecule has 0 saturated heterocycles. The number of hydrogen-bond acceptors (Lipinski definition) is 5. The zero-order chi connectivity index (χ0) is 23.4. The SMILES string of the molecule is CCCCN(C(=O)CN1CCc2ccccc21)c1c(N)n(Cc2ccccc2)c(=O)[nH]c1=O. The van der Waals surface area contributed by atoms with Gasteiger partial charge in [0.15, 0.2) is 5.69 Å². The van der Waals surface area contributed by atoms with Crippen molar-refractivity contribution in [1.29, 1.82) is 0 Å². The lowest BCUT2D eigenvalue weighted by molar-refractivity contribution is -0.117. The van der Waals surface area contributed by atoms with E-state index in [1.807, 2.05) is 60.4 Å². The fourth-order valence-corrected chi connectivity index (χ4v) is 4.26. The first kappa shape index (κ1) is 22.4. The number of nitrogens with zero attached hydrogens (tertiary/aromatic N) is 3. The van der Waals surface area contributed by atoms with E-state index < -0.39 is 11.2 Å². The lowest BCUT2D eigenvalue weighted by Crippen LogP contribution is -2.45. The third-order valence-electron chi connectivity index (χ3n) is 6.01. The largest absolute Gasteiger partial charge is 0.383 e. The first-order valence-corrected chi connectivity index (χ1v) is 11.3. The molecule has 0 saturated carbocycles. The van der Waals surface area contributed by atoms with Crippen LogP contribution in [0.4, 0.5) is 17.2 Å². The minimum Gasteiger partial charge on any atom is -0.383 e. The molecular weight excluding hydrogens is 418 g/mol. The molecule has 1 amide bonds. The Morgan fingerprint density at radius 1 is 1.09 bits per heavy atom. The summed E-state index contributed by atoms with van der Waals surface area (Å²) >= 11 is 0. The number of amides is 1. The number of para-hydroxylation sites is 1. The van der Waals surface area contributed by atoms with Crippen LogP contribution in [0.5, 0.6) is 0 Å². The molecule has 8 nitrogen and oxygen atoms in total. The van der Waals surface area contributed by atoms with Gasteiger partial charge in [0, 0.05) is 18.8 Å². The number of anilines is 3. The molecule has 0 atom stereocenters. The highest BCUT2D eigenvalue weighted by Gasteiger charge is 2.27. The Balaban J connectivity index is 1.68. The van der Waals surface area contributed by atoms with Gasteiger partial charge in [0.2, 0.25) is 5.91 Å². The normalized spacial score (nSPS) is 12.6. The van der Waals surface area contributed by atoms with E-state index in [0.717, 1.165) is 30.6 Å². The molecule has 3 aromatic rings. The highest BCUT2D eigenvalue weighted by Crippen LogP contribution is 2.28. The number of unbranched alkanes of at least 4 members (excludes halogenated alkanes) is 1. The van der Waals surface area contributed by atoms with Crippen LogP contribution in [0.25, 0.3) is 0 Å². The molecule has 1 aliphatic heterocycles. The number of hydrogen-bond donors (Lipinski definition) is 2. The highest BCUT2D eigenvalue weighted by atomic mass is 16.2. The Kier molecular flexibility index (Phi) is 6.63. The highest BCUT2D eigenvalue weighted by molar-refractivity contribution is 5.98. The first-order chi connectivity index (χ1) is 16.0. The van der Waals surface area contributed by atoms with Crippen LogP contribution in [-0.4, -0.2) is 35.1 Å². The molecule has 0 aliphatic carbocycles. The minimum atomic E-state index is -0.645. The van der Waals surface area contributed by atoms with Crippen molar-refractivity contribution in [2.45, 2.75) is 32.7 Å². The summed E-state index contributed by atoms with van der Waals surface area (Å²) in [4.78, 5) is 44.7. The quantitative estimate of drug-likeness (QED) is 0.552. The lowest BCUT2D eigenvalue weighted by atomic mass is 10.2. The van der Waals surface area contributed by atoms with E-state index in [1.165, 1.54) is 15.0 Å². The molecular formula is C25H29N5O3. The summed E-state index contributed by atoms with van der Waals surface area (Å²) in [5, 5.41) is 0. The predicted molar refractivity (Wildman–Crippen MR) is 131 cm³/mol. The van der Waals surface area contributed by atoms with Gasteiger partial charge < -0.3 is 15.5 Å². The number of fused-ring (bicyclic) bond motifs is 1. The van der Waals surface area contributed by atoms with E-state index >= 15 is 0 Å². The second kappa shape index (κ2) is 9.77. The number of carbonyl (C=O) groups is 1. The molecule has 1 aliphatic rings. The van der Waals surface area contributed by atoms with Gasteiger partial charge in [-0.25, -0.2) is 4.79 Å². The Bertz CT molecular complexity index is 1250. The van der Waals surface area contributed by atoms with Crippen LogP contribution < -0.4 is 26.8 Å². The van der Waals surface area contributed by atoms with Crippen molar-refractivity contribution < 1.29 is 4.79 Å². The number of nitrogens with one attached hydrogen (secondary N) is 1. The molecule has 1 aromatic heterocycles. The zero-order valence-corrected chi connectivity index (χ0v) is 18.8. The predicted octanol–water partition coefficient (Wildman–Crippen LogP) is 2.36. The van der Waals surface area contributed by atoms with Crippen LogP contribution in [0.2, 0.25) is 0 Å². The van der Waals surface area contributed by atoms with Gasteiger partial charge in [-0.15, -0.1) is 0 Å². The fourth-order valence-electron chi connectivity index (χ4n) is 4.26. The molecule has 33 heavy (non-hydrogen) atoms. The lowest BCUT2D eigenvalue weighted by Gasteiger charge is -2.27. The van der Waals surface area contributed by atoms with E-state index in [1.54, 1.807) is 0 Å². The molecule has 0 spiro atoms. The van der Waals surface area contributed by atoms with Gasteiger partial charge in [-0.1, -0.05) is 61.9 Å². The van der Waals surface area contributed by atoms with E-state index in [-0.39, 0.29) is 30.5 Å². The molecule has 8 heteroatoms. The van der Waals surface area contributed by atoms with Crippen molar-refractivity contribution in [2.75, 3.05) is 35.2 Å². The van der Waals surface area contributed by atoms with Crippen LogP contribution in [-0.2, 0) is 17.8 Å². The van der Waals surface area contributed by atoms with E-state index in [0.29, 0.717) is 13.0 Å². The molecule has 2 heterocycles. The summed E-state index contributed by atoms with van der Waals surface area (Å²) in [6.07, 6.45) is 2.43. The standard InChI is InChI=1S/C25H29N5O3/c1-2-3-14-29(21(31)17-28-15-13-19-11-7-8-12-20(19)28)22-23(26)30(25(33)27-24(22)32)16-18-9-5-4-6-10-18/h4-12H,2-3,13-17,26H2,1H3,(H,27,32,33). The second-order valence-electron chi connectivity index (χ2n) is 8.26. The number of nitrogens with two attached hydrogens (primary N) is 1. The third-order valence-corrected chi connectivity index (χ3v) is 6.01. The maximum Gasteiger partial charge on any atom is 0.330 e. The van der Waals surface area contributed by atoms with Crippen molar-refractivity contribution in [1.82, 2.24) is 9.55 Å². The third kappa shape index (κ3) is 4.69. The smallest absolute Gasteiger partial charge is 0.330 e. The Morgan fingerprint density at radius 2 is 1.82 bits per heavy atom. The Labute approximate surface area is 192 Å². The molecule has 0 bridgehead atoms. The molecule has 4 rings (SSSR count). The van der Waals surface area contributed by atoms with Gasteiger partial charge in [-0.05, 0) is 30.0 Å². The number of nitrogen functional groups attached to an aromatic ring is 1. The van der Waals surface area contributed by atoms with Crippen molar-refractivity contribution in [2.24, 2.45) is 0 Å². The molecule has 172 valence electrons. The molecule has 3 N–H and O–H groups in total. The second-order valence-corrected chi connectivity index (χ2v) is 8.26. The average Bonchev–Trinajstić information content (AvgIpc) is 3.22. The van der Waals surface area contributed by atoms with Crippen LogP contribution >= 0.6 is 0 Å². The van der Waals surface area contributed by atoms with Gasteiger partial charge >= 0.3 is 5.69 Å². The van der Waals surface area contributed by atoms with Gasteiger partial charge in [-0.2, -0.15) is 0 Å². The average molecular weight is 448 g/mol. The van der Waals surface area contributed by atoms with Gasteiger partial charge in [0.05, 0.1) is 13.1 Å². The maximum atomic E-state index is 13.5. The summed E-state index contributed by atoms with van der Waals surface area (Å²) in [6.45, 7) is 3.44. The first-order valence-electron chi connectivity index (χ1n) is 11.3. The molecule has 2 aromatic carbocycles. The summed E-state index contributed by atoms with van der Waals surface area (Å²) in [7, 11) is 0. The molecule has 0 unspecified atom stereocenters. The molecule has 0 fully saturated rings. The van der Waals surface area contributed by atoms with Crippen LogP contribution in [0, 0.1) is 0 Å². The summed E-state index contributed by atoms with van der Waals surface area (Å²) < 4.78 is 1.31. The maximum absolute atomic E-state index is 13.5. The number of benzene rings is 2. The summed E-state index contributed by atoms with van der Waals surface area (Å²) in [6, 6.07) is 17.4. The minimum absolute atomic E-state index is 0.00104. The van der Waals surface area contributed by atoms with Crippen molar-refractivity contribution in [3.8, 4) is 0 Å². The topological polar surface area (TPSA) is 104 Å². The monoisotopic (exact) mass is 447 g/mol. The van der Waals surface area contributed by atoms with Crippen molar-refractivity contribution in [3.05, 3.63) is 86.6 Å². The van der Waals surface area contributed by atoms with Crippen LogP contribution in [0.3, 0.4) is 0 Å². The van der Waals surface area contributed by atoms with Crippen LogP contribution in [0.15, 0.2) is 64.2 Å². The fraction of sp³-hybridized carbons (Fsp3) is 0.320. The van der Waals surface area contributed by atoms with E-state index in [4.69, 9.17) is 5.73 Å². The Hall–Kier alpha value is -3.81. The van der Waals surface area contributed by atoms with Gasteiger partial charge in [0.25, 0.3) is 5.56 Å². The van der Waals surface area contributed by atoms with E-state index in [9.17, 15) is 14.4 Å². The van der Waals surface area contributed by atoms with Gasteiger partial charge in [-0.3, -0.25) is 19.1 Å². The zero-order valence-electron chi connectivity index (χ0n) is 18.8. The Morgan fingerprint density at radius 3 is 2.58 bits per heavy atom. The number of aromatic nitrogens is 2. The number of carbonyl (C=O) groups excluding carboxylic acids is 1. The molecule has 0 radical (unpaired) electrons. The summed E-state index contributed by atoms with van der Waals surface area (Å²) in [5.74, 6) is -0.221. The van der Waals surface area contributed by atoms with Crippen molar-refractivity contribution >= 4 is 23.1 Å². The van der Waals surface area contributed by atoms with E-state index in [2.05, 4.69) is 11.1 Å². The van der Waals surface area contributed by atoms with Gasteiger partial charge in [0.1, 0.15) is 5.82 Å².